The van der Waals surface area contributed by atoms with Gasteiger partial charge in [-0.1, -0.05) is 0 Å². The highest BCUT2D eigenvalue weighted by Crippen LogP contribution is 2.11. The molecule has 0 amide bonds. The lowest BCUT2D eigenvalue weighted by Gasteiger charge is -2.10. The molecule has 0 atom stereocenters. The third-order valence-electron chi connectivity index (χ3n) is 2.11. The van der Waals surface area contributed by atoms with Gasteiger partial charge in [0.05, 0.1) is 0 Å². The van der Waals surface area contributed by atoms with Crippen molar-refractivity contribution in [1.29, 1.82) is 0 Å². The predicted molar refractivity (Wildman–Crippen MR) is 56.6 cm³/mol. The molecule has 80 valence electrons. The van der Waals surface area contributed by atoms with Gasteiger partial charge in [-0.2, -0.15) is 4.98 Å². The van der Waals surface area contributed by atoms with Crippen LogP contribution in [0.15, 0.2) is 18.3 Å². The molecule has 0 aliphatic heterocycles. The minimum Gasteiger partial charge on any atom is -0.399 e. The van der Waals surface area contributed by atoms with E-state index in [2.05, 4.69) is 10.1 Å². The first kappa shape index (κ1) is 9.70. The number of nitrogens with zero attached hydrogens (tertiary/aromatic N) is 4. The van der Waals surface area contributed by atoms with E-state index >= 15 is 0 Å². The average Bonchev–Trinajstić information content (AvgIpc) is 2.60. The van der Waals surface area contributed by atoms with Gasteiger partial charge in [-0.3, -0.25) is 0 Å². The largest absolute Gasteiger partial charge is 0.399 e. The molecule has 0 bridgehead atoms. The van der Waals surface area contributed by atoms with Gasteiger partial charge in [0.1, 0.15) is 6.67 Å². The third kappa shape index (κ3) is 1.83. The van der Waals surface area contributed by atoms with E-state index in [1.807, 2.05) is 0 Å². The Labute approximate surface area is 86.3 Å². The summed E-state index contributed by atoms with van der Waals surface area (Å²) in [5, 5.41) is 4.18. The fourth-order valence-electron chi connectivity index (χ4n) is 1.27. The van der Waals surface area contributed by atoms with Crippen LogP contribution in [0.2, 0.25) is 0 Å². The highest BCUT2D eigenvalue weighted by molar-refractivity contribution is 5.53. The van der Waals surface area contributed by atoms with E-state index < -0.39 is 6.67 Å². The van der Waals surface area contributed by atoms with Crippen LogP contribution in [0.3, 0.4) is 0 Å². The molecule has 6 heteroatoms. The van der Waals surface area contributed by atoms with Crippen LogP contribution in [0.25, 0.3) is 5.65 Å². The minimum absolute atomic E-state index is 0.284. The van der Waals surface area contributed by atoms with Gasteiger partial charge in [0.25, 0.3) is 0 Å². The highest BCUT2D eigenvalue weighted by atomic mass is 19.1. The molecule has 15 heavy (non-hydrogen) atoms. The monoisotopic (exact) mass is 209 g/mol. The third-order valence-corrected chi connectivity index (χ3v) is 2.11. The summed E-state index contributed by atoms with van der Waals surface area (Å²) in [6, 6.07) is 3.46. The van der Waals surface area contributed by atoms with E-state index in [0.717, 1.165) is 0 Å². The SMILES string of the molecule is CN(CCF)c1nc2cc(N)ccn2n1. The number of nitrogens with two attached hydrogens (primary N) is 1. The predicted octanol–water partition coefficient (Wildman–Crippen LogP) is 0.717. The molecule has 0 aliphatic carbocycles. The second-order valence-corrected chi connectivity index (χ2v) is 3.29. The van der Waals surface area contributed by atoms with Crippen LogP contribution in [-0.2, 0) is 0 Å². The molecule has 2 aromatic heterocycles. The summed E-state index contributed by atoms with van der Waals surface area (Å²) in [5.41, 5.74) is 6.91. The number of nitrogen functional groups attached to an aromatic ring is 1. The van der Waals surface area contributed by atoms with Crippen molar-refractivity contribution < 1.29 is 4.39 Å². The molecule has 0 saturated carbocycles. The summed E-state index contributed by atoms with van der Waals surface area (Å²) >= 11 is 0. The smallest absolute Gasteiger partial charge is 0.245 e. The Morgan fingerprint density at radius 1 is 1.60 bits per heavy atom. The van der Waals surface area contributed by atoms with Gasteiger partial charge < -0.3 is 10.6 Å². The van der Waals surface area contributed by atoms with Gasteiger partial charge in [-0.15, -0.1) is 5.10 Å². The van der Waals surface area contributed by atoms with E-state index in [0.29, 0.717) is 17.3 Å². The van der Waals surface area contributed by atoms with Crippen LogP contribution in [0.5, 0.6) is 0 Å². The van der Waals surface area contributed by atoms with Gasteiger partial charge in [-0.25, -0.2) is 8.91 Å². The van der Waals surface area contributed by atoms with Crippen molar-refractivity contribution in [3.63, 3.8) is 0 Å². The maximum Gasteiger partial charge on any atom is 0.245 e. The van der Waals surface area contributed by atoms with Gasteiger partial charge in [-0.05, 0) is 6.07 Å². The molecule has 2 rings (SSSR count). The Kier molecular flexibility index (Phi) is 2.40. The molecule has 2 N–H and O–H groups in total. The fraction of sp³-hybridized carbons (Fsp3) is 0.333. The molecule has 0 spiro atoms. The van der Waals surface area contributed by atoms with Crippen LogP contribution >= 0.6 is 0 Å². The number of aromatic nitrogens is 3. The van der Waals surface area contributed by atoms with Gasteiger partial charge in [0, 0.05) is 31.5 Å². The number of fused-ring (bicyclic) bond motifs is 1. The van der Waals surface area contributed by atoms with Gasteiger partial charge >= 0.3 is 0 Å². The molecule has 0 aromatic carbocycles. The lowest BCUT2D eigenvalue weighted by molar-refractivity contribution is 0.495. The van der Waals surface area contributed by atoms with Crippen LogP contribution < -0.4 is 10.6 Å². The minimum atomic E-state index is -0.422. The number of pyridine rings is 1. The summed E-state index contributed by atoms with van der Waals surface area (Å²) in [5.74, 6) is 0.498. The van der Waals surface area contributed by atoms with Crippen LogP contribution in [0, 0.1) is 0 Å². The van der Waals surface area contributed by atoms with Crippen molar-refractivity contribution in [2.45, 2.75) is 0 Å². The topological polar surface area (TPSA) is 59.5 Å². The fourth-order valence-corrected chi connectivity index (χ4v) is 1.27. The molecule has 0 saturated heterocycles. The molecule has 5 nitrogen and oxygen atoms in total. The molecular weight excluding hydrogens is 197 g/mol. The zero-order valence-corrected chi connectivity index (χ0v) is 8.39. The van der Waals surface area contributed by atoms with Crippen molar-refractivity contribution in [1.82, 2.24) is 14.6 Å². The maximum atomic E-state index is 12.1. The van der Waals surface area contributed by atoms with Gasteiger partial charge in [0.15, 0.2) is 5.65 Å². The Hall–Kier alpha value is -1.85. The Morgan fingerprint density at radius 3 is 3.13 bits per heavy atom. The number of alkyl halides is 1. The Morgan fingerprint density at radius 2 is 2.40 bits per heavy atom. The van der Waals surface area contributed by atoms with Crippen molar-refractivity contribution in [2.24, 2.45) is 0 Å². The van der Waals surface area contributed by atoms with Crippen LogP contribution in [0.1, 0.15) is 0 Å². The molecular formula is C9H12FN5. The molecule has 0 fully saturated rings. The first-order valence-corrected chi connectivity index (χ1v) is 4.59. The molecule has 0 radical (unpaired) electrons. The summed E-state index contributed by atoms with van der Waals surface area (Å²) < 4.78 is 13.7. The number of rotatable bonds is 3. The molecule has 0 unspecified atom stereocenters. The number of anilines is 2. The van der Waals surface area contributed by atoms with Crippen molar-refractivity contribution in [3.05, 3.63) is 18.3 Å². The van der Waals surface area contributed by atoms with Crippen LogP contribution in [0.4, 0.5) is 16.0 Å². The lowest BCUT2D eigenvalue weighted by atomic mass is 10.4. The maximum absolute atomic E-state index is 12.1. The highest BCUT2D eigenvalue weighted by Gasteiger charge is 2.07. The standard InChI is InChI=1S/C9H12FN5/c1-14(5-3-10)9-12-8-6-7(11)2-4-15(8)13-9/h2,4,6H,3,5,11H2,1H3. The Balaban J connectivity index is 2.38. The summed E-state index contributed by atoms with van der Waals surface area (Å²) in [4.78, 5) is 5.88. The van der Waals surface area contributed by atoms with Crippen molar-refractivity contribution >= 4 is 17.3 Å². The Bertz CT molecular complexity index is 466. The van der Waals surface area contributed by atoms with Crippen molar-refractivity contribution in [2.75, 3.05) is 30.9 Å². The summed E-state index contributed by atoms with van der Waals surface area (Å²) in [7, 11) is 1.75. The van der Waals surface area contributed by atoms with E-state index in [1.165, 1.54) is 0 Å². The first-order valence-electron chi connectivity index (χ1n) is 4.59. The van der Waals surface area contributed by atoms with E-state index in [-0.39, 0.29) is 6.54 Å². The quantitative estimate of drug-likeness (QED) is 0.809. The lowest BCUT2D eigenvalue weighted by Crippen LogP contribution is -2.21. The molecule has 2 aromatic rings. The number of halogens is 1. The zero-order valence-electron chi connectivity index (χ0n) is 8.39. The zero-order chi connectivity index (χ0) is 10.8. The summed E-state index contributed by atoms with van der Waals surface area (Å²) in [6.07, 6.45) is 1.73. The molecule has 2 heterocycles. The number of hydrogen-bond acceptors (Lipinski definition) is 4. The second-order valence-electron chi connectivity index (χ2n) is 3.29. The average molecular weight is 209 g/mol. The molecule has 0 aliphatic rings. The van der Waals surface area contributed by atoms with E-state index in [9.17, 15) is 4.39 Å². The number of hydrogen-bond donors (Lipinski definition) is 1. The van der Waals surface area contributed by atoms with Crippen LogP contribution in [-0.4, -0.2) is 34.9 Å². The normalized spacial score (nSPS) is 10.8. The second kappa shape index (κ2) is 3.72. The van der Waals surface area contributed by atoms with E-state index in [4.69, 9.17) is 5.73 Å². The van der Waals surface area contributed by atoms with Crippen molar-refractivity contribution in [3.8, 4) is 0 Å². The summed E-state index contributed by atoms with van der Waals surface area (Å²) in [6.45, 7) is -0.138. The van der Waals surface area contributed by atoms with Gasteiger partial charge in [0.2, 0.25) is 5.95 Å². The first-order chi connectivity index (χ1) is 7.20. The van der Waals surface area contributed by atoms with E-state index in [1.54, 1.807) is 34.8 Å².